The van der Waals surface area contributed by atoms with Crippen molar-refractivity contribution in [2.75, 3.05) is 0 Å². The highest BCUT2D eigenvalue weighted by molar-refractivity contribution is 5.78. The summed E-state index contributed by atoms with van der Waals surface area (Å²) in [5.41, 5.74) is 9.68. The fourth-order valence-electron chi connectivity index (χ4n) is 5.87. The number of para-hydroxylation sites is 1. The van der Waals surface area contributed by atoms with Gasteiger partial charge in [-0.1, -0.05) is 62.4 Å². The van der Waals surface area contributed by atoms with Gasteiger partial charge in [0.15, 0.2) is 0 Å². The molecule has 0 bridgehead atoms. The lowest BCUT2D eigenvalue weighted by molar-refractivity contribution is -0.121. The number of aromatic nitrogens is 1. The summed E-state index contributed by atoms with van der Waals surface area (Å²) in [6.45, 7) is 4.98. The van der Waals surface area contributed by atoms with E-state index in [1.54, 1.807) is 0 Å². The average Bonchev–Trinajstić information content (AvgIpc) is 3.31. The van der Waals surface area contributed by atoms with Crippen molar-refractivity contribution in [2.45, 2.75) is 64.5 Å². The van der Waals surface area contributed by atoms with Crippen molar-refractivity contribution in [3.63, 3.8) is 0 Å². The van der Waals surface area contributed by atoms with Crippen molar-refractivity contribution in [3.05, 3.63) is 107 Å². The molecule has 1 N–H and O–H groups in total. The molecule has 6 rings (SSSR count). The van der Waals surface area contributed by atoms with Gasteiger partial charge < -0.3 is 14.6 Å². The molecule has 3 aromatic carbocycles. The Morgan fingerprint density at radius 2 is 1.78 bits per heavy atom. The smallest absolute Gasteiger partial charge is 0.220 e. The number of rotatable bonds is 6. The van der Waals surface area contributed by atoms with Crippen LogP contribution in [0.1, 0.15) is 73.0 Å². The molecule has 188 valence electrons. The van der Waals surface area contributed by atoms with E-state index < -0.39 is 0 Å². The first kappa shape index (κ1) is 23.6. The Morgan fingerprint density at radius 3 is 2.62 bits per heavy atom. The Balaban J connectivity index is 1.29. The van der Waals surface area contributed by atoms with Crippen molar-refractivity contribution in [3.8, 4) is 22.7 Å². The molecule has 1 amide bonds. The molecule has 4 nitrogen and oxygen atoms in total. The number of hydrogen-bond donors (Lipinski definition) is 1. The second-order valence-corrected chi connectivity index (χ2v) is 10.6. The van der Waals surface area contributed by atoms with E-state index in [2.05, 4.69) is 90.5 Å². The van der Waals surface area contributed by atoms with E-state index in [1.165, 1.54) is 27.9 Å². The minimum Gasteiger partial charge on any atom is -0.488 e. The minimum absolute atomic E-state index is 0.110. The van der Waals surface area contributed by atoms with Crippen LogP contribution in [0.5, 0.6) is 5.75 Å². The van der Waals surface area contributed by atoms with E-state index in [1.807, 2.05) is 12.1 Å². The molecule has 1 unspecified atom stereocenters. The Bertz CT molecular complexity index is 1430. The third-order valence-corrected chi connectivity index (χ3v) is 7.81. The number of fused-ring (bicyclic) bond motifs is 4. The molecule has 4 aromatic rings. The van der Waals surface area contributed by atoms with Gasteiger partial charge in [0, 0.05) is 28.9 Å². The van der Waals surface area contributed by atoms with Crippen LogP contribution in [-0.4, -0.2) is 10.5 Å². The molecule has 1 atom stereocenters. The van der Waals surface area contributed by atoms with Gasteiger partial charge in [-0.25, -0.2) is 0 Å². The first-order chi connectivity index (χ1) is 18.1. The van der Waals surface area contributed by atoms with Gasteiger partial charge in [-0.3, -0.25) is 4.79 Å². The van der Waals surface area contributed by atoms with Gasteiger partial charge in [0.1, 0.15) is 12.4 Å². The van der Waals surface area contributed by atoms with Gasteiger partial charge in [-0.2, -0.15) is 0 Å². The molecule has 0 saturated heterocycles. The maximum absolute atomic E-state index is 13.2. The Kier molecular flexibility index (Phi) is 6.33. The molecule has 1 aliphatic heterocycles. The van der Waals surface area contributed by atoms with Gasteiger partial charge in [0.25, 0.3) is 0 Å². The van der Waals surface area contributed by atoms with Gasteiger partial charge in [-0.05, 0) is 78.6 Å². The maximum atomic E-state index is 13.2. The van der Waals surface area contributed by atoms with E-state index in [-0.39, 0.29) is 11.9 Å². The standard InChI is InChI=1S/C33H34N2O2/c1-22(2)23-14-16-26(17-15-23)35-27(20-25-21-37-31-13-6-5-11-29(31)33(25)35)18-19-32(36)34-30-12-7-9-24-8-3-4-10-28(24)30/h3-6,8,10-11,13-17,20,22,30H,7,9,12,18-19,21H2,1-2H3,(H,34,36). The zero-order chi connectivity index (χ0) is 25.4. The summed E-state index contributed by atoms with van der Waals surface area (Å²) in [4.78, 5) is 13.2. The molecule has 0 saturated carbocycles. The van der Waals surface area contributed by atoms with Crippen molar-refractivity contribution in [1.29, 1.82) is 0 Å². The maximum Gasteiger partial charge on any atom is 0.220 e. The summed E-state index contributed by atoms with van der Waals surface area (Å²) in [5.74, 6) is 1.50. The monoisotopic (exact) mass is 490 g/mol. The molecule has 37 heavy (non-hydrogen) atoms. The number of nitrogens with zero attached hydrogens (tertiary/aromatic N) is 1. The van der Waals surface area contributed by atoms with E-state index in [0.29, 0.717) is 25.4 Å². The first-order valence-electron chi connectivity index (χ1n) is 13.5. The number of ether oxygens (including phenoxy) is 1. The van der Waals surface area contributed by atoms with Gasteiger partial charge in [0.2, 0.25) is 5.91 Å². The number of hydrogen-bond acceptors (Lipinski definition) is 2. The lowest BCUT2D eigenvalue weighted by Gasteiger charge is -2.26. The van der Waals surface area contributed by atoms with Crippen LogP contribution in [0, 0.1) is 0 Å². The lowest BCUT2D eigenvalue weighted by Crippen LogP contribution is -2.31. The summed E-state index contributed by atoms with van der Waals surface area (Å²) < 4.78 is 8.41. The highest BCUT2D eigenvalue weighted by atomic mass is 16.5. The van der Waals surface area contributed by atoms with Gasteiger partial charge >= 0.3 is 0 Å². The molecule has 1 aromatic heterocycles. The zero-order valence-electron chi connectivity index (χ0n) is 21.7. The minimum atomic E-state index is 0.110. The summed E-state index contributed by atoms with van der Waals surface area (Å²) in [6, 6.07) is 27.9. The normalized spacial score (nSPS) is 15.9. The highest BCUT2D eigenvalue weighted by Crippen LogP contribution is 2.41. The highest BCUT2D eigenvalue weighted by Gasteiger charge is 2.26. The second kappa shape index (κ2) is 9.93. The molecular weight excluding hydrogens is 456 g/mol. The Hall–Kier alpha value is -3.79. The van der Waals surface area contributed by atoms with Crippen LogP contribution < -0.4 is 10.1 Å². The fraction of sp³-hybridized carbons (Fsp3) is 0.303. The van der Waals surface area contributed by atoms with Crippen molar-refractivity contribution >= 4 is 5.91 Å². The Morgan fingerprint density at radius 1 is 1.00 bits per heavy atom. The van der Waals surface area contributed by atoms with Crippen LogP contribution in [0.3, 0.4) is 0 Å². The Labute approximate surface area is 219 Å². The molecular formula is C33H34N2O2. The van der Waals surface area contributed by atoms with Crippen LogP contribution in [0.4, 0.5) is 0 Å². The predicted molar refractivity (Wildman–Crippen MR) is 148 cm³/mol. The molecule has 4 heteroatoms. The predicted octanol–water partition coefficient (Wildman–Crippen LogP) is 7.29. The van der Waals surface area contributed by atoms with Crippen molar-refractivity contribution < 1.29 is 9.53 Å². The van der Waals surface area contributed by atoms with E-state index in [4.69, 9.17) is 4.74 Å². The van der Waals surface area contributed by atoms with E-state index in [0.717, 1.165) is 42.0 Å². The third-order valence-electron chi connectivity index (χ3n) is 7.81. The lowest BCUT2D eigenvalue weighted by atomic mass is 9.87. The SMILES string of the molecule is CC(C)c1ccc(-n2c(CCC(=O)NC3CCCc4ccccc43)cc3c2-c2ccccc2OC3)cc1. The number of carbonyl (C=O) groups excluding carboxylic acids is 1. The number of aryl methyl sites for hydroxylation is 2. The molecule has 0 radical (unpaired) electrons. The summed E-state index contributed by atoms with van der Waals surface area (Å²) >= 11 is 0. The van der Waals surface area contributed by atoms with Crippen LogP contribution in [0.2, 0.25) is 0 Å². The van der Waals surface area contributed by atoms with E-state index in [9.17, 15) is 4.79 Å². The number of nitrogens with one attached hydrogen (secondary N) is 1. The van der Waals surface area contributed by atoms with E-state index >= 15 is 0 Å². The molecule has 2 heterocycles. The van der Waals surface area contributed by atoms with Crippen molar-refractivity contribution in [2.24, 2.45) is 0 Å². The fourth-order valence-corrected chi connectivity index (χ4v) is 5.87. The summed E-state index contributed by atoms with van der Waals surface area (Å²) in [7, 11) is 0. The quantitative estimate of drug-likeness (QED) is 0.308. The number of carbonyl (C=O) groups is 1. The van der Waals surface area contributed by atoms with Crippen LogP contribution in [0.15, 0.2) is 78.9 Å². The number of benzene rings is 3. The largest absolute Gasteiger partial charge is 0.488 e. The topological polar surface area (TPSA) is 43.3 Å². The molecule has 1 aliphatic carbocycles. The molecule has 0 fully saturated rings. The molecule has 0 spiro atoms. The van der Waals surface area contributed by atoms with Crippen LogP contribution in [-0.2, 0) is 24.2 Å². The van der Waals surface area contributed by atoms with Gasteiger partial charge in [0.05, 0.1) is 11.7 Å². The number of amides is 1. The van der Waals surface area contributed by atoms with Crippen LogP contribution in [0.25, 0.3) is 16.9 Å². The average molecular weight is 491 g/mol. The summed E-state index contributed by atoms with van der Waals surface area (Å²) in [5, 5.41) is 3.33. The zero-order valence-corrected chi connectivity index (χ0v) is 21.7. The second-order valence-electron chi connectivity index (χ2n) is 10.6. The first-order valence-corrected chi connectivity index (χ1v) is 13.5. The third kappa shape index (κ3) is 4.57. The summed E-state index contributed by atoms with van der Waals surface area (Å²) in [6.07, 6.45) is 4.34. The van der Waals surface area contributed by atoms with Crippen molar-refractivity contribution in [1.82, 2.24) is 9.88 Å². The van der Waals surface area contributed by atoms with Crippen LogP contribution >= 0.6 is 0 Å². The molecule has 2 aliphatic rings. The van der Waals surface area contributed by atoms with Gasteiger partial charge in [-0.15, -0.1) is 0 Å².